The van der Waals surface area contributed by atoms with Crippen LogP contribution in [0.3, 0.4) is 0 Å². The molecule has 5 rings (SSSR count). The van der Waals surface area contributed by atoms with Crippen molar-refractivity contribution in [1.82, 2.24) is 0 Å². The molecule has 0 unspecified atom stereocenters. The minimum Gasteiger partial charge on any atom is -0.503 e. The number of phenolic OH excluding ortho intramolecular Hbond substituents is 1. The Bertz CT molecular complexity index is 1430. The number of nitrogens with zero attached hydrogens (tertiary/aromatic N) is 1. The van der Waals surface area contributed by atoms with E-state index in [1.165, 1.54) is 13.2 Å². The number of benzene rings is 3. The maximum absolute atomic E-state index is 13.6. The minimum atomic E-state index is -0.765. The Morgan fingerprint density at radius 3 is 2.65 bits per heavy atom. The lowest BCUT2D eigenvalue weighted by molar-refractivity contribution is -0.386. The number of rotatable bonds is 3. The predicted molar refractivity (Wildman–Crippen MR) is 134 cm³/mol. The predicted octanol–water partition coefficient (Wildman–Crippen LogP) is 6.53. The van der Waals surface area contributed by atoms with Crippen LogP contribution >= 0.6 is 15.9 Å². The van der Waals surface area contributed by atoms with E-state index >= 15 is 0 Å². The fourth-order valence-electron chi connectivity index (χ4n) is 5.30. The van der Waals surface area contributed by atoms with Gasteiger partial charge in [0.1, 0.15) is 0 Å². The van der Waals surface area contributed by atoms with E-state index in [2.05, 4.69) is 35.1 Å². The van der Waals surface area contributed by atoms with Gasteiger partial charge in [0.15, 0.2) is 11.5 Å². The number of Topliss-reactive ketones (excluding diaryl/α,β-unsaturated/α-hetero) is 1. The first-order valence-corrected chi connectivity index (χ1v) is 11.7. The Morgan fingerprint density at radius 1 is 1.21 bits per heavy atom. The van der Waals surface area contributed by atoms with E-state index in [-0.39, 0.29) is 38.4 Å². The van der Waals surface area contributed by atoms with E-state index in [0.717, 1.165) is 27.6 Å². The van der Waals surface area contributed by atoms with E-state index in [9.17, 15) is 20.0 Å². The van der Waals surface area contributed by atoms with Crippen molar-refractivity contribution in [2.75, 3.05) is 12.4 Å². The summed E-state index contributed by atoms with van der Waals surface area (Å²) in [6.45, 7) is 4.14. The number of anilines is 1. The zero-order valence-electron chi connectivity index (χ0n) is 18.9. The Kier molecular flexibility index (Phi) is 5.16. The number of ether oxygens (including phenoxy) is 1. The van der Waals surface area contributed by atoms with Crippen molar-refractivity contribution < 1.29 is 19.6 Å². The van der Waals surface area contributed by atoms with Crippen LogP contribution in [0, 0.1) is 15.5 Å². The number of nitro groups is 1. The van der Waals surface area contributed by atoms with Gasteiger partial charge in [-0.2, -0.15) is 0 Å². The molecule has 0 bridgehead atoms. The highest BCUT2D eigenvalue weighted by Crippen LogP contribution is 2.55. The summed E-state index contributed by atoms with van der Waals surface area (Å²) in [6, 6.07) is 12.7. The van der Waals surface area contributed by atoms with E-state index < -0.39 is 11.0 Å². The average Bonchev–Trinajstić information content (AvgIpc) is 2.78. The third-order valence-corrected chi connectivity index (χ3v) is 7.25. The summed E-state index contributed by atoms with van der Waals surface area (Å²) < 4.78 is 5.47. The quantitative estimate of drug-likeness (QED) is 0.299. The second-order valence-corrected chi connectivity index (χ2v) is 10.4. The van der Waals surface area contributed by atoms with Crippen LogP contribution in [0.25, 0.3) is 16.3 Å². The largest absolute Gasteiger partial charge is 0.503 e. The SMILES string of the molecule is COc1c(O)c(Br)cc([C@H]2Nc3ccc4ccccc4c3C3=C2C(=O)CC(C)(C)C3)c1[N+](=O)[O-]. The van der Waals surface area contributed by atoms with E-state index in [1.807, 2.05) is 36.4 Å². The molecule has 1 aliphatic heterocycles. The molecule has 1 atom stereocenters. The Labute approximate surface area is 204 Å². The number of halogens is 1. The van der Waals surface area contributed by atoms with Crippen LogP contribution < -0.4 is 10.1 Å². The Hall–Kier alpha value is -3.39. The van der Waals surface area contributed by atoms with Crippen molar-refractivity contribution in [3.8, 4) is 11.5 Å². The molecule has 0 amide bonds. The normalized spacial score (nSPS) is 18.8. The van der Waals surface area contributed by atoms with Gasteiger partial charge in [0, 0.05) is 23.2 Å². The molecule has 7 nitrogen and oxygen atoms in total. The molecule has 3 aromatic carbocycles. The van der Waals surface area contributed by atoms with Crippen LogP contribution in [-0.2, 0) is 4.79 Å². The lowest BCUT2D eigenvalue weighted by atomic mass is 9.67. The summed E-state index contributed by atoms with van der Waals surface area (Å²) in [5.41, 5.74) is 2.87. The van der Waals surface area contributed by atoms with Gasteiger partial charge in [-0.25, -0.2) is 0 Å². The number of methoxy groups -OCH3 is 1. The van der Waals surface area contributed by atoms with Crippen molar-refractivity contribution in [3.05, 3.63) is 73.8 Å². The van der Waals surface area contributed by atoms with E-state index in [4.69, 9.17) is 4.74 Å². The first-order chi connectivity index (χ1) is 16.1. The smallest absolute Gasteiger partial charge is 0.320 e. The molecule has 3 aromatic rings. The van der Waals surface area contributed by atoms with E-state index in [1.54, 1.807) is 0 Å². The maximum Gasteiger partial charge on any atom is 0.320 e. The van der Waals surface area contributed by atoms with Crippen molar-refractivity contribution in [2.45, 2.75) is 32.7 Å². The molecule has 0 aromatic heterocycles. The third kappa shape index (κ3) is 3.36. The number of ketones is 1. The van der Waals surface area contributed by atoms with Crippen molar-refractivity contribution in [2.24, 2.45) is 5.41 Å². The highest BCUT2D eigenvalue weighted by molar-refractivity contribution is 9.10. The zero-order chi connectivity index (χ0) is 24.4. The average molecular weight is 523 g/mol. The van der Waals surface area contributed by atoms with Crippen LogP contribution in [0.5, 0.6) is 11.5 Å². The highest BCUT2D eigenvalue weighted by atomic mass is 79.9. The number of aromatic hydroxyl groups is 1. The van der Waals surface area contributed by atoms with Gasteiger partial charge < -0.3 is 15.2 Å². The Balaban J connectivity index is 1.85. The topological polar surface area (TPSA) is 102 Å². The molecule has 0 saturated heterocycles. The van der Waals surface area contributed by atoms with Crippen molar-refractivity contribution in [3.63, 3.8) is 0 Å². The molecule has 2 N–H and O–H groups in total. The van der Waals surface area contributed by atoms with Gasteiger partial charge in [-0.3, -0.25) is 14.9 Å². The van der Waals surface area contributed by atoms with Crippen molar-refractivity contribution in [1.29, 1.82) is 0 Å². The van der Waals surface area contributed by atoms with Gasteiger partial charge in [0.05, 0.1) is 28.1 Å². The molecule has 34 heavy (non-hydrogen) atoms. The first kappa shape index (κ1) is 22.4. The number of carbonyl (C=O) groups is 1. The van der Waals surface area contributed by atoms with Gasteiger partial charge in [-0.15, -0.1) is 0 Å². The molecule has 2 aliphatic rings. The monoisotopic (exact) mass is 522 g/mol. The van der Waals surface area contributed by atoms with Crippen LogP contribution in [0.4, 0.5) is 11.4 Å². The summed E-state index contributed by atoms with van der Waals surface area (Å²) in [4.78, 5) is 25.2. The number of nitrogens with one attached hydrogen (secondary N) is 1. The number of hydrogen-bond acceptors (Lipinski definition) is 6. The summed E-state index contributed by atoms with van der Waals surface area (Å²) in [5, 5.41) is 28.1. The second kappa shape index (κ2) is 7.84. The van der Waals surface area contributed by atoms with Gasteiger partial charge in [-0.05, 0) is 56.2 Å². The molecule has 1 heterocycles. The number of carbonyl (C=O) groups excluding carboxylic acids is 1. The van der Waals surface area contributed by atoms with Gasteiger partial charge >= 0.3 is 5.69 Å². The van der Waals surface area contributed by atoms with E-state index in [0.29, 0.717) is 18.4 Å². The van der Waals surface area contributed by atoms with Crippen molar-refractivity contribution >= 4 is 49.4 Å². The molecule has 0 radical (unpaired) electrons. The molecule has 0 spiro atoms. The standard InChI is InChI=1S/C26H23BrN2O5/c1-26(2)11-16-20-14-7-5-4-6-13(14)8-9-18(20)28-22(21(16)19(30)12-26)15-10-17(27)24(31)25(34-3)23(15)29(32)33/h4-10,22,28,31H,11-12H2,1-3H3/t22-/m1/s1. The molecule has 0 saturated carbocycles. The van der Waals surface area contributed by atoms with Gasteiger partial charge in [0.25, 0.3) is 0 Å². The summed E-state index contributed by atoms with van der Waals surface area (Å²) >= 11 is 3.29. The highest BCUT2D eigenvalue weighted by Gasteiger charge is 2.43. The summed E-state index contributed by atoms with van der Waals surface area (Å²) in [7, 11) is 1.27. The second-order valence-electron chi connectivity index (χ2n) is 9.55. The summed E-state index contributed by atoms with van der Waals surface area (Å²) in [5.74, 6) is -0.642. The maximum atomic E-state index is 13.6. The molecular weight excluding hydrogens is 500 g/mol. The first-order valence-electron chi connectivity index (χ1n) is 10.9. The zero-order valence-corrected chi connectivity index (χ0v) is 20.5. The fraction of sp³-hybridized carbons (Fsp3) is 0.269. The molecule has 8 heteroatoms. The molecule has 0 fully saturated rings. The van der Waals surface area contributed by atoms with Crippen LogP contribution in [0.15, 0.2) is 52.5 Å². The summed E-state index contributed by atoms with van der Waals surface area (Å²) in [6.07, 6.45) is 1.01. The van der Waals surface area contributed by atoms with Gasteiger partial charge in [0.2, 0.25) is 5.75 Å². The fourth-order valence-corrected chi connectivity index (χ4v) is 5.72. The molecular formula is C26H23BrN2O5. The number of nitro benzene ring substituents is 1. The Morgan fingerprint density at radius 2 is 1.94 bits per heavy atom. The minimum absolute atomic E-state index is 0.0419. The number of hydrogen-bond donors (Lipinski definition) is 2. The van der Waals surface area contributed by atoms with Crippen LogP contribution in [-0.4, -0.2) is 22.9 Å². The lowest BCUT2D eigenvalue weighted by Gasteiger charge is -2.40. The van der Waals surface area contributed by atoms with Gasteiger partial charge in [-0.1, -0.05) is 44.2 Å². The van der Waals surface area contributed by atoms with Crippen LogP contribution in [0.2, 0.25) is 0 Å². The number of fused-ring (bicyclic) bond motifs is 4. The third-order valence-electron chi connectivity index (χ3n) is 6.65. The lowest BCUT2D eigenvalue weighted by Crippen LogP contribution is -2.33. The molecule has 174 valence electrons. The number of allylic oxidation sites excluding steroid dienone is 1. The molecule has 1 aliphatic carbocycles. The number of phenols is 1. The van der Waals surface area contributed by atoms with Crippen LogP contribution in [0.1, 0.15) is 43.9 Å².